The fourth-order valence-corrected chi connectivity index (χ4v) is 1.51. The van der Waals surface area contributed by atoms with Gasteiger partial charge < -0.3 is 14.4 Å². The van der Waals surface area contributed by atoms with E-state index in [0.29, 0.717) is 5.75 Å². The molecule has 0 saturated heterocycles. The van der Waals surface area contributed by atoms with E-state index in [1.165, 1.54) is 0 Å². The van der Waals surface area contributed by atoms with Crippen LogP contribution < -0.4 is 10.4 Å². The lowest BCUT2D eigenvalue weighted by Crippen LogP contribution is -2.26. The second-order valence-electron chi connectivity index (χ2n) is 3.99. The zero-order valence-electron chi connectivity index (χ0n) is 11.0. The van der Waals surface area contributed by atoms with Gasteiger partial charge in [0.2, 0.25) is 0 Å². The summed E-state index contributed by atoms with van der Waals surface area (Å²) in [5.41, 5.74) is 2.59. The maximum atomic E-state index is 11.4. The molecule has 0 fully saturated rings. The summed E-state index contributed by atoms with van der Waals surface area (Å²) in [5, 5.41) is 0. The number of nitrogens with one attached hydrogen (secondary N) is 1. The first kappa shape index (κ1) is 14.5. The first-order valence-electron chi connectivity index (χ1n) is 6.16. The molecule has 0 aromatic heterocycles. The number of carbonyl (C=O) groups is 2. The molecule has 0 radical (unpaired) electrons. The molecule has 2 rings (SSSR count). The first-order chi connectivity index (χ1) is 10.2. The van der Waals surface area contributed by atoms with Gasteiger partial charge in [-0.25, -0.2) is 9.59 Å². The van der Waals surface area contributed by atoms with Crippen LogP contribution in [0.25, 0.3) is 0 Å². The summed E-state index contributed by atoms with van der Waals surface area (Å²) < 4.78 is 4.80. The topological polar surface area (TPSA) is 73.9 Å². The minimum Gasteiger partial charge on any atom is -0.394 e. The molecule has 0 bridgehead atoms. The molecule has 108 valence electrons. The minimum absolute atomic E-state index is 0.0604. The molecule has 0 unspecified atom stereocenters. The van der Waals surface area contributed by atoms with Crippen molar-refractivity contribution in [3.8, 4) is 5.75 Å². The molecule has 2 aromatic rings. The fraction of sp³-hybridized carbons (Fsp3) is 0.0667. The summed E-state index contributed by atoms with van der Waals surface area (Å²) in [6.07, 6.45) is -0.973. The van der Waals surface area contributed by atoms with Crippen LogP contribution in [-0.4, -0.2) is 12.1 Å². The van der Waals surface area contributed by atoms with Crippen molar-refractivity contribution in [2.24, 2.45) is 0 Å². The van der Waals surface area contributed by atoms with Gasteiger partial charge in [0.15, 0.2) is 0 Å². The third kappa shape index (κ3) is 5.33. The number of ether oxygens (including phenoxy) is 1. The Kier molecular flexibility index (Phi) is 5.31. The van der Waals surface area contributed by atoms with Gasteiger partial charge in [0.25, 0.3) is 0 Å². The van der Waals surface area contributed by atoms with Gasteiger partial charge >= 0.3 is 12.1 Å². The molecule has 2 aromatic carbocycles. The summed E-state index contributed by atoms with van der Waals surface area (Å²) in [6, 6.07) is 17.4. The number of hydrogen-bond acceptors (Lipinski definition) is 6. The average molecular weight is 287 g/mol. The highest BCUT2D eigenvalue weighted by atomic mass is 17.0. The number of para-hydroxylation sites is 1. The average Bonchev–Trinajstić information content (AvgIpc) is 2.49. The van der Waals surface area contributed by atoms with Crippen LogP contribution in [0.15, 0.2) is 60.7 Å². The Morgan fingerprint density at radius 1 is 0.857 bits per heavy atom. The zero-order chi connectivity index (χ0) is 14.9. The molecule has 0 aliphatic heterocycles. The normalized spacial score (nSPS) is 9.71. The largest absolute Gasteiger partial charge is 0.536 e. The number of hydrogen-bond donors (Lipinski definition) is 1. The lowest BCUT2D eigenvalue weighted by molar-refractivity contribution is -0.178. The molecule has 0 saturated carbocycles. The standard InChI is InChI=1S/C15H13NO5/c17-14(11-12-7-3-1-4-8-12)20-16-21-15(18)19-13-9-5-2-6-10-13/h1-10,16H,11H2. The van der Waals surface area contributed by atoms with E-state index in [4.69, 9.17) is 4.74 Å². The Balaban J connectivity index is 1.67. The van der Waals surface area contributed by atoms with Crippen molar-refractivity contribution in [3.63, 3.8) is 0 Å². The van der Waals surface area contributed by atoms with Crippen LogP contribution in [-0.2, 0) is 20.9 Å². The summed E-state index contributed by atoms with van der Waals surface area (Å²) in [4.78, 5) is 31.6. The van der Waals surface area contributed by atoms with Crippen LogP contribution in [0.2, 0.25) is 0 Å². The fourth-order valence-electron chi connectivity index (χ4n) is 1.51. The van der Waals surface area contributed by atoms with E-state index in [0.717, 1.165) is 5.56 Å². The number of rotatable bonds is 5. The van der Waals surface area contributed by atoms with E-state index >= 15 is 0 Å². The van der Waals surface area contributed by atoms with Crippen molar-refractivity contribution in [1.29, 1.82) is 0 Å². The van der Waals surface area contributed by atoms with E-state index < -0.39 is 12.1 Å². The van der Waals surface area contributed by atoms with E-state index in [1.807, 2.05) is 18.2 Å². The van der Waals surface area contributed by atoms with Gasteiger partial charge in [0, 0.05) is 5.64 Å². The van der Waals surface area contributed by atoms with Crippen molar-refractivity contribution in [2.45, 2.75) is 6.42 Å². The quantitative estimate of drug-likeness (QED) is 0.517. The van der Waals surface area contributed by atoms with Gasteiger partial charge in [-0.05, 0) is 17.7 Å². The van der Waals surface area contributed by atoms with E-state index in [9.17, 15) is 9.59 Å². The van der Waals surface area contributed by atoms with Gasteiger partial charge in [-0.1, -0.05) is 48.5 Å². The van der Waals surface area contributed by atoms with E-state index in [-0.39, 0.29) is 6.42 Å². The van der Waals surface area contributed by atoms with Crippen LogP contribution >= 0.6 is 0 Å². The van der Waals surface area contributed by atoms with Crippen LogP contribution in [0.4, 0.5) is 4.79 Å². The highest BCUT2D eigenvalue weighted by Gasteiger charge is 2.09. The third-order valence-corrected chi connectivity index (χ3v) is 2.42. The molecular formula is C15H13NO5. The molecular weight excluding hydrogens is 274 g/mol. The highest BCUT2D eigenvalue weighted by Crippen LogP contribution is 2.08. The summed E-state index contributed by atoms with van der Waals surface area (Å²) in [7, 11) is 0. The van der Waals surface area contributed by atoms with Crippen LogP contribution in [0.1, 0.15) is 5.56 Å². The van der Waals surface area contributed by atoms with E-state index in [1.54, 1.807) is 48.1 Å². The van der Waals surface area contributed by atoms with Crippen LogP contribution in [0.5, 0.6) is 5.75 Å². The molecule has 21 heavy (non-hydrogen) atoms. The molecule has 1 N–H and O–H groups in total. The summed E-state index contributed by atoms with van der Waals surface area (Å²) in [6.45, 7) is 0. The predicted octanol–water partition coefficient (Wildman–Crippen LogP) is 2.41. The molecule has 0 heterocycles. The molecule has 6 heteroatoms. The first-order valence-corrected chi connectivity index (χ1v) is 6.16. The SMILES string of the molecule is O=C(Cc1ccccc1)ONOC(=O)Oc1ccccc1. The van der Waals surface area contributed by atoms with Gasteiger partial charge in [0.1, 0.15) is 5.75 Å². The molecule has 6 nitrogen and oxygen atoms in total. The Bertz CT molecular complexity index is 532. The molecule has 0 spiro atoms. The van der Waals surface area contributed by atoms with Crippen LogP contribution in [0, 0.1) is 0 Å². The number of benzene rings is 2. The Hall–Kier alpha value is -2.86. The van der Waals surface area contributed by atoms with Crippen molar-refractivity contribution >= 4 is 12.1 Å². The predicted molar refractivity (Wildman–Crippen MR) is 72.9 cm³/mol. The summed E-state index contributed by atoms with van der Waals surface area (Å²) in [5.74, 6) is -0.270. The van der Waals surface area contributed by atoms with Crippen LogP contribution in [0.3, 0.4) is 0 Å². The van der Waals surface area contributed by atoms with Crippen molar-refractivity contribution in [1.82, 2.24) is 5.64 Å². The Morgan fingerprint density at radius 3 is 2.14 bits per heavy atom. The third-order valence-electron chi connectivity index (χ3n) is 2.42. The Labute approximate surface area is 121 Å². The molecule has 0 atom stereocenters. The highest BCUT2D eigenvalue weighted by molar-refractivity contribution is 5.72. The van der Waals surface area contributed by atoms with Gasteiger partial charge in [-0.15, -0.1) is 0 Å². The second-order valence-corrected chi connectivity index (χ2v) is 3.99. The lowest BCUT2D eigenvalue weighted by atomic mass is 10.2. The van der Waals surface area contributed by atoms with Crippen molar-refractivity contribution in [2.75, 3.05) is 0 Å². The van der Waals surface area contributed by atoms with Crippen molar-refractivity contribution in [3.05, 3.63) is 66.2 Å². The monoisotopic (exact) mass is 287 g/mol. The van der Waals surface area contributed by atoms with Gasteiger partial charge in [0.05, 0.1) is 6.42 Å². The van der Waals surface area contributed by atoms with E-state index in [2.05, 4.69) is 9.68 Å². The summed E-state index contributed by atoms with van der Waals surface area (Å²) >= 11 is 0. The van der Waals surface area contributed by atoms with Gasteiger partial charge in [-0.3, -0.25) is 0 Å². The van der Waals surface area contributed by atoms with Gasteiger partial charge in [-0.2, -0.15) is 0 Å². The molecule has 0 aliphatic carbocycles. The smallest absolute Gasteiger partial charge is 0.394 e. The zero-order valence-corrected chi connectivity index (χ0v) is 11.0. The molecule has 0 aliphatic rings. The maximum absolute atomic E-state index is 11.4. The molecule has 0 amide bonds. The maximum Gasteiger partial charge on any atom is 0.536 e. The number of carbonyl (C=O) groups excluding carboxylic acids is 2. The second kappa shape index (κ2) is 7.66. The van der Waals surface area contributed by atoms with Crippen molar-refractivity contribution < 1.29 is 24.0 Å². The minimum atomic E-state index is -1.03. The lowest BCUT2D eigenvalue weighted by Gasteiger charge is -2.06. The Morgan fingerprint density at radius 2 is 1.48 bits per heavy atom.